The van der Waals surface area contributed by atoms with Crippen molar-refractivity contribution in [1.29, 1.82) is 0 Å². The van der Waals surface area contributed by atoms with Crippen molar-refractivity contribution in [3.8, 4) is 0 Å². The Hall–Kier alpha value is -0.240. The molecule has 202 valence electrons. The molecule has 3 nitrogen and oxygen atoms in total. The van der Waals surface area contributed by atoms with E-state index in [0.717, 1.165) is 19.3 Å². The van der Waals surface area contributed by atoms with Crippen LogP contribution in [0, 0.1) is 0 Å². The Morgan fingerprint density at radius 2 is 0.971 bits per heavy atom. The number of hydrogen-bond acceptors (Lipinski definition) is 2. The van der Waals surface area contributed by atoms with Gasteiger partial charge in [-0.3, -0.25) is 4.48 Å². The second-order valence-corrected chi connectivity index (χ2v) is 12.8. The first-order valence-electron chi connectivity index (χ1n) is 14.9. The quantitative estimate of drug-likeness (QED) is 0.0544. The molecular formula is C30H61NO2P+. The fraction of sp³-hybridized carbons (Fsp3) is 0.933. The summed E-state index contributed by atoms with van der Waals surface area (Å²) in [5.74, 6) is 0. The van der Waals surface area contributed by atoms with Crippen LogP contribution in [0.3, 0.4) is 0 Å². The SMILES string of the molecule is CCCCCCCCCCCC=CCCCCCCCCCCCC(CC)([P+](=O)[O-])[N+](C)(C)C. The predicted octanol–water partition coefficient (Wildman–Crippen LogP) is 9.67. The Kier molecular flexibility index (Phi) is 21.8. The number of rotatable bonds is 25. The van der Waals surface area contributed by atoms with Gasteiger partial charge < -0.3 is 4.89 Å². The zero-order chi connectivity index (χ0) is 25.5. The van der Waals surface area contributed by atoms with Gasteiger partial charge in [-0.25, -0.2) is 0 Å². The molecular weight excluding hydrogens is 437 g/mol. The van der Waals surface area contributed by atoms with Crippen LogP contribution in [0.15, 0.2) is 12.2 Å². The van der Waals surface area contributed by atoms with Crippen LogP contribution in [0.1, 0.15) is 155 Å². The molecule has 4 heteroatoms. The van der Waals surface area contributed by atoms with Gasteiger partial charge in [0.1, 0.15) is 0 Å². The van der Waals surface area contributed by atoms with Crippen molar-refractivity contribution < 1.29 is 13.9 Å². The van der Waals surface area contributed by atoms with Crippen LogP contribution >= 0.6 is 8.03 Å². The van der Waals surface area contributed by atoms with Gasteiger partial charge in [0.2, 0.25) is 0 Å². The van der Waals surface area contributed by atoms with Gasteiger partial charge >= 0.3 is 8.03 Å². The lowest BCUT2D eigenvalue weighted by Crippen LogP contribution is -2.55. The maximum atomic E-state index is 12.0. The van der Waals surface area contributed by atoms with Crippen molar-refractivity contribution in [1.82, 2.24) is 0 Å². The van der Waals surface area contributed by atoms with E-state index in [-0.39, 0.29) is 0 Å². The highest BCUT2D eigenvalue weighted by Gasteiger charge is 2.52. The highest BCUT2D eigenvalue weighted by Crippen LogP contribution is 2.44. The minimum Gasteiger partial charge on any atom is -0.590 e. The average molecular weight is 499 g/mol. The van der Waals surface area contributed by atoms with Crippen LogP contribution in [-0.4, -0.2) is 30.9 Å². The molecule has 34 heavy (non-hydrogen) atoms. The number of allylic oxidation sites excluding steroid dienone is 2. The van der Waals surface area contributed by atoms with Crippen LogP contribution < -0.4 is 4.89 Å². The molecule has 0 fully saturated rings. The maximum Gasteiger partial charge on any atom is 0.376 e. The molecule has 0 rings (SSSR count). The van der Waals surface area contributed by atoms with Gasteiger partial charge in [0.05, 0.1) is 21.1 Å². The Balaban J connectivity index is 3.47. The highest BCUT2D eigenvalue weighted by molar-refractivity contribution is 7.38. The third-order valence-corrected chi connectivity index (χ3v) is 9.56. The van der Waals surface area contributed by atoms with E-state index in [2.05, 4.69) is 19.1 Å². The normalized spacial score (nSPS) is 14.6. The lowest BCUT2D eigenvalue weighted by atomic mass is 10.0. The maximum absolute atomic E-state index is 12.0. The van der Waals surface area contributed by atoms with Crippen LogP contribution in [0.4, 0.5) is 0 Å². The van der Waals surface area contributed by atoms with Crippen LogP contribution in [0.25, 0.3) is 0 Å². The standard InChI is InChI=1S/C30H61NO2P/c1-6-8-9-10-11-12-13-14-15-16-17-18-19-20-21-22-23-24-25-26-27-28-29-30(7-2,34(32)33)31(3,4)5/h17-18H,6-16,19-29H2,1-5H3/q+1. The summed E-state index contributed by atoms with van der Waals surface area (Å²) in [6.07, 6.45) is 33.1. The van der Waals surface area contributed by atoms with Gasteiger partial charge in [0.15, 0.2) is 0 Å². The van der Waals surface area contributed by atoms with Gasteiger partial charge in [0, 0.05) is 12.8 Å². The van der Waals surface area contributed by atoms with Gasteiger partial charge in [-0.1, -0.05) is 127 Å². The second kappa shape index (κ2) is 22.0. The monoisotopic (exact) mass is 498 g/mol. The summed E-state index contributed by atoms with van der Waals surface area (Å²) in [5.41, 5.74) is 0. The molecule has 0 aromatic heterocycles. The summed E-state index contributed by atoms with van der Waals surface area (Å²) < 4.78 is 12.5. The van der Waals surface area contributed by atoms with Crippen LogP contribution in [0.5, 0.6) is 0 Å². The molecule has 0 saturated carbocycles. The van der Waals surface area contributed by atoms with Gasteiger partial charge in [0.25, 0.3) is 5.28 Å². The molecule has 0 spiro atoms. The van der Waals surface area contributed by atoms with Crippen molar-refractivity contribution in [2.24, 2.45) is 0 Å². The summed E-state index contributed by atoms with van der Waals surface area (Å²) in [4.78, 5) is 12.0. The van der Waals surface area contributed by atoms with Crippen molar-refractivity contribution in [2.45, 2.75) is 160 Å². The van der Waals surface area contributed by atoms with Crippen molar-refractivity contribution in [3.05, 3.63) is 12.2 Å². The van der Waals surface area contributed by atoms with E-state index in [1.54, 1.807) is 0 Å². The zero-order valence-corrected chi connectivity index (χ0v) is 24.8. The summed E-state index contributed by atoms with van der Waals surface area (Å²) in [5, 5.41) is -0.600. The van der Waals surface area contributed by atoms with Gasteiger partial charge in [-0.05, 0) is 32.1 Å². The Morgan fingerprint density at radius 3 is 1.29 bits per heavy atom. The van der Waals surface area contributed by atoms with E-state index in [0.29, 0.717) is 10.9 Å². The van der Waals surface area contributed by atoms with Crippen molar-refractivity contribution in [2.75, 3.05) is 21.1 Å². The fourth-order valence-electron chi connectivity index (χ4n) is 5.17. The minimum atomic E-state index is -2.42. The number of nitrogens with zero attached hydrogens (tertiary/aromatic N) is 1. The third kappa shape index (κ3) is 16.4. The van der Waals surface area contributed by atoms with Gasteiger partial charge in [-0.2, -0.15) is 0 Å². The Morgan fingerprint density at radius 1 is 0.618 bits per heavy atom. The first-order valence-corrected chi connectivity index (χ1v) is 16.1. The predicted molar refractivity (Wildman–Crippen MR) is 150 cm³/mol. The summed E-state index contributed by atoms with van der Waals surface area (Å²) in [7, 11) is 3.63. The van der Waals surface area contributed by atoms with Gasteiger partial charge in [-0.15, -0.1) is 0 Å². The molecule has 0 aliphatic carbocycles. The van der Waals surface area contributed by atoms with E-state index >= 15 is 0 Å². The Labute approximate surface area is 215 Å². The molecule has 0 aliphatic rings. The molecule has 0 amide bonds. The van der Waals surface area contributed by atoms with E-state index in [1.807, 2.05) is 28.1 Å². The van der Waals surface area contributed by atoms with Crippen molar-refractivity contribution in [3.63, 3.8) is 0 Å². The highest BCUT2D eigenvalue weighted by atomic mass is 31.1. The minimum absolute atomic E-state index is 0.511. The largest absolute Gasteiger partial charge is 0.590 e. The molecule has 0 saturated heterocycles. The fourth-order valence-corrected chi connectivity index (χ4v) is 6.26. The summed E-state index contributed by atoms with van der Waals surface area (Å²) in [6, 6.07) is 0. The molecule has 0 N–H and O–H groups in total. The molecule has 0 aromatic carbocycles. The van der Waals surface area contributed by atoms with E-state index < -0.39 is 13.3 Å². The molecule has 0 radical (unpaired) electrons. The van der Waals surface area contributed by atoms with Crippen LogP contribution in [0.2, 0.25) is 0 Å². The first kappa shape index (κ1) is 33.8. The van der Waals surface area contributed by atoms with E-state index in [1.165, 1.54) is 116 Å². The molecule has 2 unspecified atom stereocenters. The van der Waals surface area contributed by atoms with Crippen LogP contribution in [-0.2, 0) is 4.57 Å². The number of hydrogen-bond donors (Lipinski definition) is 0. The zero-order valence-electron chi connectivity index (χ0n) is 23.9. The molecule has 0 aliphatic heterocycles. The summed E-state index contributed by atoms with van der Waals surface area (Å²) in [6.45, 7) is 4.30. The first-order chi connectivity index (χ1) is 16.3. The Bertz CT molecular complexity index is 501. The number of quaternary nitrogens is 1. The molecule has 0 bridgehead atoms. The smallest absolute Gasteiger partial charge is 0.376 e. The van der Waals surface area contributed by atoms with E-state index in [4.69, 9.17) is 0 Å². The molecule has 0 aromatic rings. The number of unbranched alkanes of at least 4 members (excludes halogenated alkanes) is 18. The lowest BCUT2D eigenvalue weighted by Gasteiger charge is -2.39. The molecule has 2 atom stereocenters. The molecule has 0 heterocycles. The average Bonchev–Trinajstić information content (AvgIpc) is 2.78. The van der Waals surface area contributed by atoms with E-state index in [9.17, 15) is 9.46 Å². The lowest BCUT2D eigenvalue weighted by molar-refractivity contribution is -0.910. The van der Waals surface area contributed by atoms with Crippen molar-refractivity contribution >= 4 is 8.03 Å². The summed E-state index contributed by atoms with van der Waals surface area (Å²) >= 11 is 0. The third-order valence-electron chi connectivity index (χ3n) is 7.74. The second-order valence-electron chi connectivity index (χ2n) is 11.4. The topological polar surface area (TPSA) is 40.1 Å².